The van der Waals surface area contributed by atoms with Crippen LogP contribution in [-0.2, 0) is 17.4 Å². The van der Waals surface area contributed by atoms with E-state index in [1.165, 1.54) is 5.92 Å². The van der Waals surface area contributed by atoms with Crippen molar-refractivity contribution in [3.05, 3.63) is 36.1 Å². The quantitative estimate of drug-likeness (QED) is 0.673. The number of fused-ring (bicyclic) bond motifs is 1. The van der Waals surface area contributed by atoms with Crippen LogP contribution in [0.15, 0.2) is 24.7 Å². The third-order valence-electron chi connectivity index (χ3n) is 1.82. The van der Waals surface area contributed by atoms with E-state index in [9.17, 15) is 0 Å². The number of nitrogens with zero attached hydrogens (tertiary/aromatic N) is 3. The van der Waals surface area contributed by atoms with Crippen molar-refractivity contribution < 1.29 is 17.4 Å². The maximum absolute atomic E-state index is 4.24. The van der Waals surface area contributed by atoms with E-state index in [0.717, 1.165) is 11.2 Å². The standard InChI is InChI=1S/C9H10N3.Cr/c1-7(2)8-5-10-9-3-4-11-12(9)6-8;/h3-6H,1-2H3;/q-1;. The summed E-state index contributed by atoms with van der Waals surface area (Å²) in [5.74, 6) is 1.25. The maximum Gasteiger partial charge on any atom is 0.130 e. The second-order valence-corrected chi connectivity index (χ2v) is 2.98. The van der Waals surface area contributed by atoms with Crippen LogP contribution in [-0.4, -0.2) is 14.6 Å². The molecule has 0 spiro atoms. The summed E-state index contributed by atoms with van der Waals surface area (Å²) in [4.78, 5) is 4.24. The summed E-state index contributed by atoms with van der Waals surface area (Å²) in [7, 11) is 0. The van der Waals surface area contributed by atoms with Gasteiger partial charge in [-0.2, -0.15) is 16.6 Å². The van der Waals surface area contributed by atoms with Crippen molar-refractivity contribution >= 4 is 5.65 Å². The van der Waals surface area contributed by atoms with Crippen LogP contribution in [0.2, 0.25) is 0 Å². The summed E-state index contributed by atoms with van der Waals surface area (Å²) in [5.41, 5.74) is 2.02. The molecule has 0 unspecified atom stereocenters. The zero-order chi connectivity index (χ0) is 8.55. The molecule has 0 amide bonds. The van der Waals surface area contributed by atoms with Gasteiger partial charge in [0.1, 0.15) is 5.65 Å². The molecule has 0 saturated heterocycles. The van der Waals surface area contributed by atoms with Crippen LogP contribution in [0.1, 0.15) is 19.4 Å². The van der Waals surface area contributed by atoms with Crippen LogP contribution < -0.4 is 0 Å². The van der Waals surface area contributed by atoms with Gasteiger partial charge in [0.05, 0.1) is 6.20 Å². The van der Waals surface area contributed by atoms with E-state index >= 15 is 0 Å². The molecule has 3 nitrogen and oxygen atoms in total. The molecule has 0 fully saturated rings. The number of rotatable bonds is 1. The van der Waals surface area contributed by atoms with Gasteiger partial charge in [0.25, 0.3) is 0 Å². The van der Waals surface area contributed by atoms with Crippen molar-refractivity contribution in [2.45, 2.75) is 13.8 Å². The van der Waals surface area contributed by atoms with E-state index in [-0.39, 0.29) is 17.4 Å². The van der Waals surface area contributed by atoms with Gasteiger partial charge in [-0.1, -0.05) is 26.2 Å². The molecule has 0 bridgehead atoms. The Bertz CT molecular complexity index is 394. The van der Waals surface area contributed by atoms with Gasteiger partial charge in [-0.3, -0.25) is 4.52 Å². The van der Waals surface area contributed by atoms with Crippen molar-refractivity contribution in [3.63, 3.8) is 0 Å². The molecule has 0 N–H and O–H groups in total. The molecule has 0 aliphatic rings. The fourth-order valence-electron chi connectivity index (χ4n) is 1.07. The summed E-state index contributed by atoms with van der Waals surface area (Å²) in [6.07, 6.45) is 5.60. The van der Waals surface area contributed by atoms with Crippen LogP contribution in [0.25, 0.3) is 5.65 Å². The molecule has 0 radical (unpaired) electrons. The fourth-order valence-corrected chi connectivity index (χ4v) is 1.07. The third-order valence-corrected chi connectivity index (χ3v) is 1.82. The van der Waals surface area contributed by atoms with Crippen molar-refractivity contribution in [1.29, 1.82) is 0 Å². The third kappa shape index (κ3) is 1.85. The number of aromatic nitrogens is 3. The van der Waals surface area contributed by atoms with Crippen molar-refractivity contribution in [1.82, 2.24) is 14.6 Å². The van der Waals surface area contributed by atoms with E-state index in [0.29, 0.717) is 0 Å². The van der Waals surface area contributed by atoms with Crippen LogP contribution in [0, 0.1) is 5.92 Å². The molecule has 2 rings (SSSR count). The maximum atomic E-state index is 4.24. The number of hydrogen-bond acceptors (Lipinski definition) is 2. The summed E-state index contributed by atoms with van der Waals surface area (Å²) in [5, 5.41) is 4.10. The topological polar surface area (TPSA) is 30.2 Å². The monoisotopic (exact) mass is 212 g/mol. The molecule has 2 heterocycles. The van der Waals surface area contributed by atoms with Gasteiger partial charge in [-0.05, 0) is 0 Å². The Morgan fingerprint density at radius 2 is 2.15 bits per heavy atom. The summed E-state index contributed by atoms with van der Waals surface area (Å²) in [6, 6.07) is 1.88. The average molecular weight is 212 g/mol. The Morgan fingerprint density at radius 3 is 2.85 bits per heavy atom. The van der Waals surface area contributed by atoms with E-state index in [1.54, 1.807) is 10.7 Å². The van der Waals surface area contributed by atoms with Gasteiger partial charge in [-0.15, -0.1) is 0 Å². The van der Waals surface area contributed by atoms with E-state index in [1.807, 2.05) is 18.5 Å². The molecule has 0 atom stereocenters. The molecule has 2 aromatic rings. The van der Waals surface area contributed by atoms with E-state index in [4.69, 9.17) is 0 Å². The van der Waals surface area contributed by atoms with Crippen LogP contribution in [0.4, 0.5) is 0 Å². The SMILES string of the molecule is C[C-](C)c1cnc2ccnn2c1.[Cr]. The Morgan fingerprint density at radius 1 is 1.38 bits per heavy atom. The molecule has 0 aliphatic carbocycles. The molecule has 68 valence electrons. The first kappa shape index (κ1) is 10.1. The Hall–Kier alpha value is -0.978. The fraction of sp³-hybridized carbons (Fsp3) is 0.222. The first-order valence-electron chi connectivity index (χ1n) is 3.87. The predicted octanol–water partition coefficient (Wildman–Crippen LogP) is 1.69. The normalized spacial score (nSPS) is 9.69. The smallest absolute Gasteiger partial charge is 0.130 e. The minimum atomic E-state index is 0. The molecular formula is C9H10CrN3-. The summed E-state index contributed by atoms with van der Waals surface area (Å²) < 4.78 is 1.78. The molecule has 0 aromatic carbocycles. The van der Waals surface area contributed by atoms with Gasteiger partial charge < -0.3 is 4.98 Å². The Kier molecular flexibility index (Phi) is 2.97. The zero-order valence-corrected chi connectivity index (χ0v) is 8.83. The first-order chi connectivity index (χ1) is 5.77. The van der Waals surface area contributed by atoms with Gasteiger partial charge in [-0.25, -0.2) is 0 Å². The Labute approximate surface area is 87.9 Å². The molecule has 2 aromatic heterocycles. The average Bonchev–Trinajstić information content (AvgIpc) is 2.49. The predicted molar refractivity (Wildman–Crippen MR) is 46.7 cm³/mol. The van der Waals surface area contributed by atoms with Crippen molar-refractivity contribution in [2.75, 3.05) is 0 Å². The second-order valence-electron chi connectivity index (χ2n) is 2.98. The second kappa shape index (κ2) is 3.82. The minimum absolute atomic E-state index is 0. The van der Waals surface area contributed by atoms with Crippen LogP contribution >= 0.6 is 0 Å². The summed E-state index contributed by atoms with van der Waals surface area (Å²) in [6.45, 7) is 4.12. The molecule has 0 saturated carbocycles. The summed E-state index contributed by atoms with van der Waals surface area (Å²) >= 11 is 0. The van der Waals surface area contributed by atoms with Gasteiger partial charge in [0.2, 0.25) is 0 Å². The largest absolute Gasteiger partial charge is 0.304 e. The molecule has 13 heavy (non-hydrogen) atoms. The van der Waals surface area contributed by atoms with Crippen LogP contribution in [0.5, 0.6) is 0 Å². The molecule has 0 aliphatic heterocycles. The zero-order valence-electron chi connectivity index (χ0n) is 7.56. The van der Waals surface area contributed by atoms with Gasteiger partial charge >= 0.3 is 0 Å². The molecule has 4 heteroatoms. The van der Waals surface area contributed by atoms with E-state index in [2.05, 4.69) is 23.9 Å². The Balaban J connectivity index is 0.000000845. The van der Waals surface area contributed by atoms with Crippen molar-refractivity contribution in [2.24, 2.45) is 0 Å². The van der Waals surface area contributed by atoms with Gasteiger partial charge in [0.15, 0.2) is 0 Å². The van der Waals surface area contributed by atoms with Crippen LogP contribution in [0.3, 0.4) is 0 Å². The van der Waals surface area contributed by atoms with Crippen molar-refractivity contribution in [3.8, 4) is 0 Å². The first-order valence-corrected chi connectivity index (χ1v) is 3.87. The molecular weight excluding hydrogens is 202 g/mol. The van der Waals surface area contributed by atoms with E-state index < -0.39 is 0 Å². The minimum Gasteiger partial charge on any atom is -0.304 e. The number of hydrogen-bond donors (Lipinski definition) is 0. The van der Waals surface area contributed by atoms with Gasteiger partial charge in [0, 0.05) is 23.4 Å².